The summed E-state index contributed by atoms with van der Waals surface area (Å²) in [7, 11) is 0. The van der Waals surface area contributed by atoms with Gasteiger partial charge in [0.1, 0.15) is 0 Å². The summed E-state index contributed by atoms with van der Waals surface area (Å²) in [4.78, 5) is 22.5. The van der Waals surface area contributed by atoms with E-state index in [1.165, 1.54) is 5.56 Å². The molecule has 5 aromatic rings. The van der Waals surface area contributed by atoms with Crippen LogP contribution in [0.25, 0.3) is 22.8 Å². The summed E-state index contributed by atoms with van der Waals surface area (Å²) in [6.45, 7) is 4.56. The first-order valence-electron chi connectivity index (χ1n) is 13.6. The predicted molar refractivity (Wildman–Crippen MR) is 160 cm³/mol. The Kier molecular flexibility index (Phi) is 7.57. The third-order valence-corrected chi connectivity index (χ3v) is 7.29. The Bertz CT molecular complexity index is 1680. The summed E-state index contributed by atoms with van der Waals surface area (Å²) in [6, 6.07) is 35.1. The van der Waals surface area contributed by atoms with E-state index in [4.69, 9.17) is 9.68 Å². The van der Waals surface area contributed by atoms with Crippen molar-refractivity contribution in [3.8, 4) is 28.8 Å². The zero-order valence-electron chi connectivity index (χ0n) is 22.5. The summed E-state index contributed by atoms with van der Waals surface area (Å²) in [5.74, 6) is 0.837. The van der Waals surface area contributed by atoms with E-state index in [0.717, 1.165) is 49.7 Å². The van der Waals surface area contributed by atoms with Crippen molar-refractivity contribution in [3.63, 3.8) is 0 Å². The molecule has 1 aliphatic heterocycles. The van der Waals surface area contributed by atoms with E-state index in [9.17, 15) is 4.79 Å². The smallest absolute Gasteiger partial charge is 0.256 e. The number of carbonyl (C=O) groups excluding carboxylic acids is 1. The molecule has 41 heavy (non-hydrogen) atoms. The van der Waals surface area contributed by atoms with Gasteiger partial charge < -0.3 is 14.6 Å². The Morgan fingerprint density at radius 1 is 0.878 bits per heavy atom. The zero-order chi connectivity index (χ0) is 28.0. The molecule has 4 aromatic carbocycles. The van der Waals surface area contributed by atoms with E-state index in [1.54, 1.807) is 12.3 Å². The molecule has 0 aliphatic carbocycles. The van der Waals surface area contributed by atoms with Crippen LogP contribution in [0.1, 0.15) is 21.5 Å². The number of hydrogen-bond acceptors (Lipinski definition) is 6. The molecular formula is C34H29N5O2. The summed E-state index contributed by atoms with van der Waals surface area (Å²) < 4.78 is 6.02. The Hall–Kier alpha value is -5.19. The van der Waals surface area contributed by atoms with Crippen molar-refractivity contribution in [1.82, 2.24) is 9.88 Å². The number of benzene rings is 4. The first kappa shape index (κ1) is 26.1. The topological polar surface area (TPSA) is 85.4 Å². The normalized spacial score (nSPS) is 13.5. The van der Waals surface area contributed by atoms with Gasteiger partial charge in [-0.1, -0.05) is 54.6 Å². The Morgan fingerprint density at radius 3 is 2.41 bits per heavy atom. The Labute approximate surface area is 239 Å². The molecule has 7 nitrogen and oxygen atoms in total. The number of piperazine rings is 1. The fraction of sp³-hybridized carbons (Fsp3) is 0.147. The quantitative estimate of drug-likeness (QED) is 0.256. The number of nitrogens with zero attached hydrogens (tertiary/aromatic N) is 4. The molecule has 0 spiro atoms. The van der Waals surface area contributed by atoms with Crippen LogP contribution in [0.3, 0.4) is 0 Å². The second-order valence-electron chi connectivity index (χ2n) is 10.0. The predicted octanol–water partition coefficient (Wildman–Crippen LogP) is 6.45. The summed E-state index contributed by atoms with van der Waals surface area (Å²) in [5.41, 5.74) is 5.78. The van der Waals surface area contributed by atoms with Gasteiger partial charge in [0.05, 0.1) is 23.4 Å². The van der Waals surface area contributed by atoms with Gasteiger partial charge in [-0.15, -0.1) is 0 Å². The van der Waals surface area contributed by atoms with Gasteiger partial charge in [0, 0.05) is 55.2 Å². The number of oxazole rings is 1. The fourth-order valence-corrected chi connectivity index (χ4v) is 5.12. The molecule has 1 amide bonds. The second kappa shape index (κ2) is 11.9. The van der Waals surface area contributed by atoms with Crippen LogP contribution in [0.2, 0.25) is 0 Å². The van der Waals surface area contributed by atoms with E-state index in [0.29, 0.717) is 28.3 Å². The molecule has 1 fully saturated rings. The highest BCUT2D eigenvalue weighted by Crippen LogP contribution is 2.29. The molecule has 0 atom stereocenters. The molecule has 0 radical (unpaired) electrons. The lowest BCUT2D eigenvalue weighted by molar-refractivity contribution is 0.102. The zero-order valence-corrected chi connectivity index (χ0v) is 22.5. The van der Waals surface area contributed by atoms with Crippen LogP contribution in [0, 0.1) is 11.3 Å². The van der Waals surface area contributed by atoms with Crippen molar-refractivity contribution in [2.45, 2.75) is 6.54 Å². The van der Waals surface area contributed by atoms with Crippen molar-refractivity contribution in [2.24, 2.45) is 0 Å². The number of amides is 1. The molecular weight excluding hydrogens is 510 g/mol. The monoisotopic (exact) mass is 539 g/mol. The average molecular weight is 540 g/mol. The highest BCUT2D eigenvalue weighted by molar-refractivity contribution is 6.08. The number of nitriles is 1. The van der Waals surface area contributed by atoms with Crippen LogP contribution in [0.15, 0.2) is 114 Å². The van der Waals surface area contributed by atoms with Crippen molar-refractivity contribution in [1.29, 1.82) is 5.26 Å². The molecule has 7 heteroatoms. The van der Waals surface area contributed by atoms with E-state index in [-0.39, 0.29) is 5.91 Å². The van der Waals surface area contributed by atoms with E-state index in [1.807, 2.05) is 91.0 Å². The van der Waals surface area contributed by atoms with Crippen LogP contribution in [0.4, 0.5) is 11.4 Å². The lowest BCUT2D eigenvalue weighted by Gasteiger charge is -2.36. The first-order chi connectivity index (χ1) is 20.2. The standard InChI is InChI=1S/C34H29N5O2/c35-22-25-7-6-8-26(21-25)24-38-17-19-39(20-18-38)29-15-13-28(14-16-29)37-33(40)30-11-4-5-12-31(30)34-36-23-32(41-34)27-9-2-1-3-10-27/h1-16,21,23H,17-20,24H2,(H,37,40). The number of rotatable bonds is 7. The van der Waals surface area contributed by atoms with Crippen molar-refractivity contribution < 1.29 is 9.21 Å². The number of nitrogens with one attached hydrogen (secondary N) is 1. The highest BCUT2D eigenvalue weighted by Gasteiger charge is 2.19. The van der Waals surface area contributed by atoms with Crippen molar-refractivity contribution >= 4 is 17.3 Å². The van der Waals surface area contributed by atoms with E-state index < -0.39 is 0 Å². The van der Waals surface area contributed by atoms with Crippen LogP contribution >= 0.6 is 0 Å². The van der Waals surface area contributed by atoms with Gasteiger partial charge in [0.25, 0.3) is 5.91 Å². The minimum atomic E-state index is -0.220. The third kappa shape index (κ3) is 6.03. The summed E-state index contributed by atoms with van der Waals surface area (Å²) in [6.07, 6.45) is 1.68. The SMILES string of the molecule is N#Cc1cccc(CN2CCN(c3ccc(NC(=O)c4ccccc4-c4ncc(-c5ccccc5)o4)cc3)CC2)c1. The number of hydrogen-bond donors (Lipinski definition) is 1. The van der Waals surface area contributed by atoms with Crippen LogP contribution in [-0.2, 0) is 6.54 Å². The maximum absolute atomic E-state index is 13.3. The van der Waals surface area contributed by atoms with Crippen LogP contribution in [0.5, 0.6) is 0 Å². The molecule has 0 unspecified atom stereocenters. The molecule has 0 saturated carbocycles. The van der Waals surface area contributed by atoms with Gasteiger partial charge in [-0.05, 0) is 54.1 Å². The highest BCUT2D eigenvalue weighted by atomic mass is 16.4. The van der Waals surface area contributed by atoms with Crippen LogP contribution in [-0.4, -0.2) is 42.0 Å². The van der Waals surface area contributed by atoms with Gasteiger partial charge in [-0.2, -0.15) is 5.26 Å². The Morgan fingerprint density at radius 2 is 1.63 bits per heavy atom. The number of anilines is 2. The van der Waals surface area contributed by atoms with Gasteiger partial charge in [0.15, 0.2) is 5.76 Å². The molecule has 2 heterocycles. The Balaban J connectivity index is 1.08. The second-order valence-corrected chi connectivity index (χ2v) is 10.0. The van der Waals surface area contributed by atoms with E-state index >= 15 is 0 Å². The maximum Gasteiger partial charge on any atom is 0.256 e. The lowest BCUT2D eigenvalue weighted by Crippen LogP contribution is -2.45. The largest absolute Gasteiger partial charge is 0.436 e. The average Bonchev–Trinajstić information content (AvgIpc) is 3.53. The summed E-state index contributed by atoms with van der Waals surface area (Å²) in [5, 5.41) is 12.2. The molecule has 202 valence electrons. The number of aromatic nitrogens is 1. The molecule has 1 saturated heterocycles. The minimum Gasteiger partial charge on any atom is -0.436 e. The minimum absolute atomic E-state index is 0.220. The molecule has 1 aromatic heterocycles. The van der Waals surface area contributed by atoms with Gasteiger partial charge >= 0.3 is 0 Å². The van der Waals surface area contributed by atoms with Gasteiger partial charge in [-0.3, -0.25) is 9.69 Å². The molecule has 1 aliphatic rings. The van der Waals surface area contributed by atoms with Crippen molar-refractivity contribution in [2.75, 3.05) is 36.4 Å². The van der Waals surface area contributed by atoms with Crippen molar-refractivity contribution in [3.05, 3.63) is 126 Å². The lowest BCUT2D eigenvalue weighted by atomic mass is 10.1. The van der Waals surface area contributed by atoms with Gasteiger partial charge in [-0.25, -0.2) is 4.98 Å². The number of carbonyl (C=O) groups is 1. The summed E-state index contributed by atoms with van der Waals surface area (Å²) >= 11 is 0. The van der Waals surface area contributed by atoms with Crippen LogP contribution < -0.4 is 10.2 Å². The van der Waals surface area contributed by atoms with Gasteiger partial charge in [0.2, 0.25) is 5.89 Å². The first-order valence-corrected chi connectivity index (χ1v) is 13.6. The molecule has 6 rings (SSSR count). The van der Waals surface area contributed by atoms with E-state index in [2.05, 4.69) is 32.2 Å². The maximum atomic E-state index is 13.3. The fourth-order valence-electron chi connectivity index (χ4n) is 5.12. The third-order valence-electron chi connectivity index (χ3n) is 7.29. The molecule has 0 bridgehead atoms. The molecule has 1 N–H and O–H groups in total.